The summed E-state index contributed by atoms with van der Waals surface area (Å²) in [4.78, 5) is 20.9. The van der Waals surface area contributed by atoms with Gasteiger partial charge in [-0.15, -0.1) is 0 Å². The molecule has 0 fully saturated rings. The van der Waals surface area contributed by atoms with Gasteiger partial charge in [-0.3, -0.25) is 4.79 Å². The van der Waals surface area contributed by atoms with Gasteiger partial charge >= 0.3 is 0 Å². The number of aryl methyl sites for hydroxylation is 1. The summed E-state index contributed by atoms with van der Waals surface area (Å²) in [7, 11) is 1.51. The van der Waals surface area contributed by atoms with E-state index in [1.54, 1.807) is 12.1 Å². The molecule has 5 heteroatoms. The minimum atomic E-state index is -1.74. The van der Waals surface area contributed by atoms with Crippen LogP contribution in [-0.4, -0.2) is 19.0 Å². The summed E-state index contributed by atoms with van der Waals surface area (Å²) in [5.74, 6) is -2.27. The van der Waals surface area contributed by atoms with Crippen LogP contribution in [0.3, 0.4) is 0 Å². The molecule has 0 atom stereocenters. The maximum atomic E-state index is 10.8. The third-order valence-corrected chi connectivity index (χ3v) is 2.07. The lowest BCUT2D eigenvalue weighted by Gasteiger charge is -2.10. The average Bonchev–Trinajstić information content (AvgIpc) is 2.26. The highest BCUT2D eigenvalue weighted by Gasteiger charge is 2.06. The van der Waals surface area contributed by atoms with Gasteiger partial charge in [0, 0.05) is 12.1 Å². The largest absolute Gasteiger partial charge is 0.540 e. The first-order valence-electron chi connectivity index (χ1n) is 4.67. The molecule has 0 aliphatic heterocycles. The van der Waals surface area contributed by atoms with E-state index in [9.17, 15) is 14.7 Å². The standard InChI is InChI=1S/C11H13NO4/c1-7-3-4-8(9(5-7)16-2)6-12-10(13)11(14)15/h3-5H,6H2,1-2H3,(H,12,13)(H,14,15)/p-1. The Balaban J connectivity index is 2.74. The highest BCUT2D eigenvalue weighted by atomic mass is 16.5. The van der Waals surface area contributed by atoms with Crippen LogP contribution in [0.25, 0.3) is 0 Å². The lowest BCUT2D eigenvalue weighted by atomic mass is 10.1. The molecule has 0 heterocycles. The fourth-order valence-corrected chi connectivity index (χ4v) is 1.25. The van der Waals surface area contributed by atoms with E-state index in [0.29, 0.717) is 11.3 Å². The molecule has 1 amide bonds. The second-order valence-electron chi connectivity index (χ2n) is 3.29. The van der Waals surface area contributed by atoms with E-state index in [-0.39, 0.29) is 6.54 Å². The first kappa shape index (κ1) is 12.0. The third kappa shape index (κ3) is 2.98. The maximum absolute atomic E-state index is 10.8. The zero-order chi connectivity index (χ0) is 12.1. The summed E-state index contributed by atoms with van der Waals surface area (Å²) >= 11 is 0. The van der Waals surface area contributed by atoms with Crippen molar-refractivity contribution in [2.45, 2.75) is 13.5 Å². The Morgan fingerprint density at radius 1 is 1.44 bits per heavy atom. The number of carbonyl (C=O) groups is 2. The second-order valence-corrected chi connectivity index (χ2v) is 3.29. The van der Waals surface area contributed by atoms with Crippen LogP contribution in [0, 0.1) is 6.92 Å². The highest BCUT2D eigenvalue weighted by Crippen LogP contribution is 2.19. The fraction of sp³-hybridized carbons (Fsp3) is 0.273. The highest BCUT2D eigenvalue weighted by molar-refractivity contribution is 6.30. The number of benzene rings is 1. The number of nitrogens with one attached hydrogen (secondary N) is 1. The number of carboxylic acid groups (broad SMARTS) is 1. The van der Waals surface area contributed by atoms with Gasteiger partial charge in [0.2, 0.25) is 0 Å². The molecule has 16 heavy (non-hydrogen) atoms. The number of rotatable bonds is 3. The number of hydrogen-bond donors (Lipinski definition) is 1. The van der Waals surface area contributed by atoms with Crippen molar-refractivity contribution in [1.82, 2.24) is 5.32 Å². The zero-order valence-corrected chi connectivity index (χ0v) is 9.07. The van der Waals surface area contributed by atoms with Gasteiger partial charge in [0.1, 0.15) is 11.7 Å². The van der Waals surface area contributed by atoms with Crippen molar-refractivity contribution < 1.29 is 19.4 Å². The van der Waals surface area contributed by atoms with Crippen molar-refractivity contribution >= 4 is 11.9 Å². The minimum Gasteiger partial charge on any atom is -0.540 e. The van der Waals surface area contributed by atoms with Gasteiger partial charge in [0.05, 0.1) is 7.11 Å². The Labute approximate surface area is 93.0 Å². The summed E-state index contributed by atoms with van der Waals surface area (Å²) in [5.41, 5.74) is 1.73. The molecule has 0 bridgehead atoms. The first-order valence-corrected chi connectivity index (χ1v) is 4.67. The summed E-state index contributed by atoms with van der Waals surface area (Å²) in [6, 6.07) is 5.42. The minimum absolute atomic E-state index is 0.0935. The van der Waals surface area contributed by atoms with Crippen molar-refractivity contribution in [3.63, 3.8) is 0 Å². The van der Waals surface area contributed by atoms with Gasteiger partial charge in [0.15, 0.2) is 0 Å². The number of hydrogen-bond acceptors (Lipinski definition) is 4. The van der Waals surface area contributed by atoms with Gasteiger partial charge < -0.3 is 20.0 Å². The summed E-state index contributed by atoms with van der Waals surface area (Å²) < 4.78 is 5.10. The van der Waals surface area contributed by atoms with Gasteiger partial charge in [-0.1, -0.05) is 12.1 Å². The Morgan fingerprint density at radius 2 is 2.12 bits per heavy atom. The molecule has 0 unspecified atom stereocenters. The summed E-state index contributed by atoms with van der Waals surface area (Å²) in [6.45, 7) is 2.00. The lowest BCUT2D eigenvalue weighted by Crippen LogP contribution is -2.40. The van der Waals surface area contributed by atoms with Crippen LogP contribution in [0.1, 0.15) is 11.1 Å². The van der Waals surface area contributed by atoms with Crippen LogP contribution in [0.5, 0.6) is 5.75 Å². The molecule has 0 spiro atoms. The molecule has 1 N–H and O–H groups in total. The van der Waals surface area contributed by atoms with E-state index in [1.807, 2.05) is 13.0 Å². The van der Waals surface area contributed by atoms with Crippen LogP contribution in [0.15, 0.2) is 18.2 Å². The fourth-order valence-electron chi connectivity index (χ4n) is 1.25. The van der Waals surface area contributed by atoms with Crippen LogP contribution in [0.4, 0.5) is 0 Å². The number of aliphatic carboxylic acids is 1. The molecule has 5 nitrogen and oxygen atoms in total. The molecular formula is C11H12NO4-. The average molecular weight is 222 g/mol. The predicted molar refractivity (Wildman–Crippen MR) is 54.6 cm³/mol. The second kappa shape index (κ2) is 5.16. The van der Waals surface area contributed by atoms with E-state index in [0.717, 1.165) is 5.56 Å². The SMILES string of the molecule is COc1cc(C)ccc1CNC(=O)C(=O)[O-]. The molecule has 1 rings (SSSR count). The monoisotopic (exact) mass is 222 g/mol. The summed E-state index contributed by atoms with van der Waals surface area (Å²) in [6.07, 6.45) is 0. The van der Waals surface area contributed by atoms with E-state index in [1.165, 1.54) is 7.11 Å². The number of methoxy groups -OCH3 is 1. The summed E-state index contributed by atoms with van der Waals surface area (Å²) in [5, 5.41) is 12.4. The van der Waals surface area contributed by atoms with E-state index in [4.69, 9.17) is 4.74 Å². The van der Waals surface area contributed by atoms with Crippen LogP contribution >= 0.6 is 0 Å². The van der Waals surface area contributed by atoms with Crippen molar-refractivity contribution in [1.29, 1.82) is 0 Å². The van der Waals surface area contributed by atoms with Crippen LogP contribution in [0.2, 0.25) is 0 Å². The number of carboxylic acids is 1. The maximum Gasteiger partial charge on any atom is 0.267 e. The Bertz CT molecular complexity index is 414. The molecule has 86 valence electrons. The van der Waals surface area contributed by atoms with Crippen molar-refractivity contribution in [2.75, 3.05) is 7.11 Å². The molecule has 0 aliphatic carbocycles. The predicted octanol–water partition coefficient (Wildman–Crippen LogP) is -0.630. The molecule has 0 aromatic heterocycles. The first-order chi connectivity index (χ1) is 7.54. The Morgan fingerprint density at radius 3 is 2.69 bits per heavy atom. The Hall–Kier alpha value is -2.04. The van der Waals surface area contributed by atoms with Gasteiger partial charge in [-0.05, 0) is 18.6 Å². The van der Waals surface area contributed by atoms with Crippen molar-refractivity contribution in [3.05, 3.63) is 29.3 Å². The van der Waals surface area contributed by atoms with Crippen LogP contribution < -0.4 is 15.2 Å². The van der Waals surface area contributed by atoms with Gasteiger partial charge in [0.25, 0.3) is 5.91 Å². The smallest absolute Gasteiger partial charge is 0.267 e. The molecule has 0 radical (unpaired) electrons. The molecule has 0 aliphatic rings. The molecule has 0 saturated heterocycles. The molecule has 0 saturated carbocycles. The normalized spacial score (nSPS) is 9.62. The molecule has 1 aromatic carbocycles. The Kier molecular flexibility index (Phi) is 3.88. The molecule has 1 aromatic rings. The topological polar surface area (TPSA) is 78.5 Å². The van der Waals surface area contributed by atoms with E-state index < -0.39 is 11.9 Å². The van der Waals surface area contributed by atoms with E-state index in [2.05, 4.69) is 5.32 Å². The van der Waals surface area contributed by atoms with E-state index >= 15 is 0 Å². The number of ether oxygens (including phenoxy) is 1. The van der Waals surface area contributed by atoms with Crippen LogP contribution in [-0.2, 0) is 16.1 Å². The lowest BCUT2D eigenvalue weighted by molar-refractivity contribution is -0.300. The molecular weight excluding hydrogens is 210 g/mol. The number of carbonyl (C=O) groups excluding carboxylic acids is 2. The van der Waals surface area contributed by atoms with Gasteiger partial charge in [-0.25, -0.2) is 0 Å². The third-order valence-electron chi connectivity index (χ3n) is 2.07. The number of amides is 1. The van der Waals surface area contributed by atoms with Crippen molar-refractivity contribution in [3.8, 4) is 5.75 Å². The van der Waals surface area contributed by atoms with Crippen molar-refractivity contribution in [2.24, 2.45) is 0 Å². The zero-order valence-electron chi connectivity index (χ0n) is 9.07. The van der Waals surface area contributed by atoms with Gasteiger partial charge in [-0.2, -0.15) is 0 Å². The quantitative estimate of drug-likeness (QED) is 0.691.